The number of carbonyl (C=O) groups is 2. The Morgan fingerprint density at radius 2 is 2.13 bits per heavy atom. The van der Waals surface area contributed by atoms with Crippen molar-refractivity contribution >= 4 is 11.6 Å². The van der Waals surface area contributed by atoms with Gasteiger partial charge in [0.15, 0.2) is 11.5 Å². The molecule has 3 nitrogen and oxygen atoms in total. The summed E-state index contributed by atoms with van der Waals surface area (Å²) < 4.78 is 4.93. The lowest BCUT2D eigenvalue weighted by Crippen LogP contribution is -2.44. The molecule has 2 aliphatic rings. The van der Waals surface area contributed by atoms with Gasteiger partial charge in [-0.2, -0.15) is 0 Å². The van der Waals surface area contributed by atoms with Crippen LogP contribution in [0.4, 0.5) is 0 Å². The van der Waals surface area contributed by atoms with Gasteiger partial charge in [0.1, 0.15) is 0 Å². The highest BCUT2D eigenvalue weighted by Gasteiger charge is 2.48. The molecule has 0 aliphatic heterocycles. The van der Waals surface area contributed by atoms with Gasteiger partial charge in [-0.05, 0) is 12.8 Å². The average Bonchev–Trinajstić information content (AvgIpc) is 2.24. The summed E-state index contributed by atoms with van der Waals surface area (Å²) in [4.78, 5) is 23.9. The lowest BCUT2D eigenvalue weighted by atomic mass is 9.63. The first kappa shape index (κ1) is 10.1. The Labute approximate surface area is 88.8 Å². The van der Waals surface area contributed by atoms with Crippen LogP contribution in [0, 0.1) is 11.3 Å². The van der Waals surface area contributed by atoms with Crippen molar-refractivity contribution in [3.05, 3.63) is 24.0 Å². The minimum atomic E-state index is -0.548. The molecule has 0 aromatic heterocycles. The predicted octanol–water partition coefficient (Wildman–Crippen LogP) is 1.64. The number of hydrogen-bond donors (Lipinski definition) is 0. The minimum Gasteiger partial charge on any atom is -0.493 e. The van der Waals surface area contributed by atoms with E-state index in [-0.39, 0.29) is 23.2 Å². The molecule has 0 unspecified atom stereocenters. The number of rotatable bonds is 1. The third-order valence-electron chi connectivity index (χ3n) is 3.45. The molecule has 2 aliphatic carbocycles. The van der Waals surface area contributed by atoms with Crippen molar-refractivity contribution < 1.29 is 14.3 Å². The van der Waals surface area contributed by atoms with Crippen LogP contribution in [0.15, 0.2) is 24.0 Å². The third kappa shape index (κ3) is 1.34. The van der Waals surface area contributed by atoms with Gasteiger partial charge >= 0.3 is 0 Å². The van der Waals surface area contributed by atoms with Gasteiger partial charge in [0.2, 0.25) is 5.78 Å². The molecule has 0 amide bonds. The normalized spacial score (nSPS) is 34.8. The van der Waals surface area contributed by atoms with E-state index in [4.69, 9.17) is 4.74 Å². The second-order valence-electron chi connectivity index (χ2n) is 4.32. The fraction of sp³-hybridized carbons (Fsp3) is 0.500. The lowest BCUT2D eigenvalue weighted by molar-refractivity contribution is -0.138. The van der Waals surface area contributed by atoms with Crippen molar-refractivity contribution in [3.8, 4) is 0 Å². The largest absolute Gasteiger partial charge is 0.493 e. The molecule has 0 heterocycles. The SMILES string of the molecule is COC1=CC(=O)[C@]2(C)CC=CC[C@@H]2C1=O. The summed E-state index contributed by atoms with van der Waals surface area (Å²) in [6.07, 6.45) is 6.58. The topological polar surface area (TPSA) is 43.4 Å². The minimum absolute atomic E-state index is 0.00769. The maximum atomic E-state index is 12.0. The van der Waals surface area contributed by atoms with Gasteiger partial charge in [-0.1, -0.05) is 19.1 Å². The van der Waals surface area contributed by atoms with Crippen LogP contribution in [0.3, 0.4) is 0 Å². The van der Waals surface area contributed by atoms with Crippen LogP contribution in [0.2, 0.25) is 0 Å². The maximum absolute atomic E-state index is 12.0. The second kappa shape index (κ2) is 3.33. The summed E-state index contributed by atoms with van der Waals surface area (Å²) in [6, 6.07) is 0. The Hall–Kier alpha value is -1.38. The number of ether oxygens (including phenoxy) is 1. The zero-order valence-electron chi connectivity index (χ0n) is 8.95. The van der Waals surface area contributed by atoms with E-state index in [1.165, 1.54) is 13.2 Å². The van der Waals surface area contributed by atoms with Crippen molar-refractivity contribution in [3.63, 3.8) is 0 Å². The van der Waals surface area contributed by atoms with Crippen LogP contribution < -0.4 is 0 Å². The fourth-order valence-electron chi connectivity index (χ4n) is 2.32. The van der Waals surface area contributed by atoms with Gasteiger partial charge < -0.3 is 4.74 Å². The molecule has 0 saturated carbocycles. The smallest absolute Gasteiger partial charge is 0.201 e. The van der Waals surface area contributed by atoms with Crippen molar-refractivity contribution in [1.29, 1.82) is 0 Å². The van der Waals surface area contributed by atoms with Crippen LogP contribution in [0.5, 0.6) is 0 Å². The van der Waals surface area contributed by atoms with Gasteiger partial charge in [0.05, 0.1) is 7.11 Å². The third-order valence-corrected chi connectivity index (χ3v) is 3.45. The molecule has 0 aromatic carbocycles. The summed E-state index contributed by atoms with van der Waals surface area (Å²) in [5.41, 5.74) is -0.548. The van der Waals surface area contributed by atoms with Crippen molar-refractivity contribution in [2.45, 2.75) is 19.8 Å². The molecule has 0 spiro atoms. The highest BCUT2D eigenvalue weighted by Crippen LogP contribution is 2.43. The standard InChI is InChI=1S/C12H14O3/c1-12-6-4-3-5-8(12)11(14)9(15-2)7-10(12)13/h3-4,7-8H,5-6H2,1-2H3/t8-,12-/m1/s1. The summed E-state index contributed by atoms with van der Waals surface area (Å²) in [7, 11) is 1.43. The first-order valence-electron chi connectivity index (χ1n) is 5.09. The Morgan fingerprint density at radius 3 is 2.80 bits per heavy atom. The quantitative estimate of drug-likeness (QED) is 0.612. The van der Waals surface area contributed by atoms with E-state index >= 15 is 0 Å². The Bertz CT molecular complexity index is 378. The zero-order chi connectivity index (χ0) is 11.1. The van der Waals surface area contributed by atoms with Crippen LogP contribution in [-0.4, -0.2) is 18.7 Å². The molecule has 0 radical (unpaired) electrons. The molecule has 0 aromatic rings. The number of carbonyl (C=O) groups excluding carboxylic acids is 2. The molecule has 2 atom stereocenters. The first-order chi connectivity index (χ1) is 7.09. The van der Waals surface area contributed by atoms with E-state index in [2.05, 4.69) is 0 Å². The Balaban J connectivity index is 2.46. The van der Waals surface area contributed by atoms with Crippen LogP contribution in [0.25, 0.3) is 0 Å². The molecule has 0 bridgehead atoms. The highest BCUT2D eigenvalue weighted by atomic mass is 16.5. The molecule has 80 valence electrons. The molecule has 0 saturated heterocycles. The molecule has 0 fully saturated rings. The number of fused-ring (bicyclic) bond motifs is 1. The number of ketones is 2. The first-order valence-corrected chi connectivity index (χ1v) is 5.09. The van der Waals surface area contributed by atoms with Crippen LogP contribution in [-0.2, 0) is 14.3 Å². The summed E-state index contributed by atoms with van der Waals surface area (Å²) in [5.74, 6) is -0.0648. The predicted molar refractivity (Wildman–Crippen MR) is 55.1 cm³/mol. The fourth-order valence-corrected chi connectivity index (χ4v) is 2.32. The van der Waals surface area contributed by atoms with E-state index in [1.54, 1.807) is 0 Å². The summed E-state index contributed by atoms with van der Waals surface area (Å²) >= 11 is 0. The van der Waals surface area contributed by atoms with Gasteiger partial charge in [-0.25, -0.2) is 0 Å². The maximum Gasteiger partial charge on any atom is 0.201 e. The van der Waals surface area contributed by atoms with E-state index in [9.17, 15) is 9.59 Å². The average molecular weight is 206 g/mol. The molecular formula is C12H14O3. The Kier molecular flexibility index (Phi) is 2.25. The van der Waals surface area contributed by atoms with Gasteiger partial charge in [-0.3, -0.25) is 9.59 Å². The number of methoxy groups -OCH3 is 1. The lowest BCUT2D eigenvalue weighted by Gasteiger charge is -2.38. The number of allylic oxidation sites excluding steroid dienone is 4. The van der Waals surface area contributed by atoms with Gasteiger partial charge in [-0.15, -0.1) is 0 Å². The van der Waals surface area contributed by atoms with E-state index in [1.807, 2.05) is 19.1 Å². The summed E-state index contributed by atoms with van der Waals surface area (Å²) in [5, 5.41) is 0. The van der Waals surface area contributed by atoms with Gasteiger partial charge in [0.25, 0.3) is 0 Å². The number of hydrogen-bond acceptors (Lipinski definition) is 3. The molecule has 2 rings (SSSR count). The monoisotopic (exact) mass is 206 g/mol. The molecule has 3 heteroatoms. The Morgan fingerprint density at radius 1 is 1.40 bits per heavy atom. The zero-order valence-corrected chi connectivity index (χ0v) is 8.95. The molecule has 15 heavy (non-hydrogen) atoms. The van der Waals surface area contributed by atoms with E-state index in [0.717, 1.165) is 0 Å². The van der Waals surface area contributed by atoms with Crippen LogP contribution in [0.1, 0.15) is 19.8 Å². The van der Waals surface area contributed by atoms with Crippen molar-refractivity contribution in [2.24, 2.45) is 11.3 Å². The van der Waals surface area contributed by atoms with Crippen molar-refractivity contribution in [1.82, 2.24) is 0 Å². The highest BCUT2D eigenvalue weighted by molar-refractivity contribution is 6.11. The number of Topliss-reactive ketones (excluding diaryl/α,β-unsaturated/α-hetero) is 1. The van der Waals surface area contributed by atoms with Crippen LogP contribution >= 0.6 is 0 Å². The summed E-state index contributed by atoms with van der Waals surface area (Å²) in [6.45, 7) is 1.87. The van der Waals surface area contributed by atoms with E-state index in [0.29, 0.717) is 12.8 Å². The van der Waals surface area contributed by atoms with Gasteiger partial charge in [0, 0.05) is 17.4 Å². The van der Waals surface area contributed by atoms with Crippen molar-refractivity contribution in [2.75, 3.05) is 7.11 Å². The second-order valence-corrected chi connectivity index (χ2v) is 4.32. The molecule has 0 N–H and O–H groups in total. The molecular weight excluding hydrogens is 192 g/mol. The van der Waals surface area contributed by atoms with E-state index < -0.39 is 5.41 Å².